The Kier molecular flexibility index (Phi) is 16.2. The summed E-state index contributed by atoms with van der Waals surface area (Å²) in [6.45, 7) is 2.80. The lowest BCUT2D eigenvalue weighted by Gasteiger charge is -2.71. The van der Waals surface area contributed by atoms with E-state index in [1.54, 1.807) is 16.7 Å². The Morgan fingerprint density at radius 2 is 0.790 bits per heavy atom. The van der Waals surface area contributed by atoms with Crippen LogP contribution in [0.3, 0.4) is 0 Å². The summed E-state index contributed by atoms with van der Waals surface area (Å²) in [4.78, 5) is 5.21. The van der Waals surface area contributed by atoms with Gasteiger partial charge in [0.25, 0.3) is 0 Å². The maximum absolute atomic E-state index is 6.56. The Morgan fingerprint density at radius 3 is 1.44 bits per heavy atom. The molecule has 10 fully saturated rings. The first-order valence-electron chi connectivity index (χ1n) is 52.8. The highest BCUT2D eigenvalue weighted by Gasteiger charge is 2.97. The number of benzene rings is 18. The SMILES string of the molecule is C[C@]12C[C@@]3(c4ccc(-c5ccc(N(C6=CC7C(C=C6)C68[C@H]9C[C@@H]%10C[C@@H]%11CC6(c6ccccc6C76c7ccccc7-c7ccccc76)[C@H](C9)[C@@]%118C%10)c6ccc(-c7ccc8c(c7)oc7ccccc78)cc6)cc5)cc4)CC[C@@H]1C[C@H](C3)C21c2ccccc2C2(c3ccccc3-c3ccccc32)c2cc(N(c3ccc(-c4ccc(-c5ccccc5)cc4)cc3)c3ccc(-c4ccc5c(c4)sc4ccccc45)cc3)ccc21. The molecular weight excluding hydrogens is 1750 g/mol. The largest absolute Gasteiger partial charge is 0.456 e. The molecule has 2 heterocycles. The summed E-state index contributed by atoms with van der Waals surface area (Å²) < 4.78 is 9.20. The van der Waals surface area contributed by atoms with Crippen LogP contribution in [0.15, 0.2) is 453 Å². The molecule has 6 spiro atoms. The van der Waals surface area contributed by atoms with Gasteiger partial charge in [0.2, 0.25) is 0 Å². The number of allylic oxidation sites excluding steroid dienone is 3. The van der Waals surface area contributed by atoms with E-state index in [0.29, 0.717) is 23.2 Å². The highest BCUT2D eigenvalue weighted by atomic mass is 32.1. The van der Waals surface area contributed by atoms with Crippen molar-refractivity contribution in [2.75, 3.05) is 9.80 Å². The van der Waals surface area contributed by atoms with E-state index < -0.39 is 10.8 Å². The van der Waals surface area contributed by atoms with E-state index >= 15 is 0 Å². The molecule has 14 atom stereocenters. The Morgan fingerprint density at radius 1 is 0.315 bits per heavy atom. The smallest absolute Gasteiger partial charge is 0.136 e. The summed E-state index contributed by atoms with van der Waals surface area (Å²) >= 11 is 1.89. The fraction of sp³-hybridized carbons (Fsp3) is 0.194. The van der Waals surface area contributed by atoms with Crippen molar-refractivity contribution in [3.63, 3.8) is 0 Å². The first-order chi connectivity index (χ1) is 70.6. The van der Waals surface area contributed by atoms with Crippen LogP contribution >= 0.6 is 11.3 Å². The fourth-order valence-corrected chi connectivity index (χ4v) is 37.4. The highest BCUT2D eigenvalue weighted by molar-refractivity contribution is 7.25. The molecule has 5 unspecified atom stereocenters. The molecular formula is C139H104N2OS. The van der Waals surface area contributed by atoms with E-state index in [1.165, 1.54) is 200 Å². The number of hydrogen-bond acceptors (Lipinski definition) is 4. The third kappa shape index (κ3) is 10.0. The molecule has 143 heavy (non-hydrogen) atoms. The van der Waals surface area contributed by atoms with Gasteiger partial charge >= 0.3 is 0 Å². The van der Waals surface area contributed by atoms with Crippen molar-refractivity contribution in [2.45, 2.75) is 98.2 Å². The molecule has 20 aromatic rings. The van der Waals surface area contributed by atoms with Gasteiger partial charge in [-0.05, 0) is 363 Å². The standard InChI is InChI=1S/C139H104N2OS/c1-132-84-133(72-71-97(132)77-100(82-133)138(132)122-36-18-17-35-121(122)137(117-31-13-7-25-109(117)110-26-8-14-32-118(110)137)125-79-105(65-69-123(125)138)140(101-57-45-90(46-58-101)88-41-39-87(40-42-88)86-21-3-2-4-22-86)104-63-51-93(52-64-104)95-54-68-114-113-28-10-20-38-129(113)143-130(114)76-95)96-55-43-89(44-56-96)91-47-59-102(60-48-91)141(103-61-49-92(50-62-103)94-53-67-112-111-27-9-19-37-127(111)142-128(112)75-94)106-66-70-124-126(80-106)136(115-29-11-5-23-107(115)108-24-6-12-30-116(108)136)120-34-16-15-33-119(120)135-83-99-74-85-73-98-78-131(135)134(99,81-85)139(98,124)135/h2-70,75-76,79-80,85,97-100,124,126,131H,71-74,77-78,81-84H2,1H3/t85-,97-,98+,99-,100-,124?,126?,131-,132+,133-,134-,135?,138?,139?/m1/s1. The predicted octanol–water partition coefficient (Wildman–Crippen LogP) is 35.4. The van der Waals surface area contributed by atoms with Crippen LogP contribution in [-0.4, -0.2) is 0 Å². The van der Waals surface area contributed by atoms with Crippen molar-refractivity contribution in [3.05, 3.63) is 510 Å². The second kappa shape index (κ2) is 28.7. The number of para-hydroxylation sites is 1. The van der Waals surface area contributed by atoms with Crippen LogP contribution in [0.2, 0.25) is 0 Å². The van der Waals surface area contributed by atoms with Crippen LogP contribution in [0, 0.1) is 63.6 Å². The molecule has 15 aliphatic rings. The lowest BCUT2D eigenvalue weighted by molar-refractivity contribution is -0.194. The molecule has 682 valence electrons. The van der Waals surface area contributed by atoms with Crippen molar-refractivity contribution < 1.29 is 4.42 Å². The fourth-order valence-electron chi connectivity index (χ4n) is 36.3. The van der Waals surface area contributed by atoms with E-state index in [0.717, 1.165) is 86.8 Å². The number of fused-ring (bicyclic) bond motifs is 26. The minimum Gasteiger partial charge on any atom is -0.456 e. The zero-order valence-corrected chi connectivity index (χ0v) is 80.9. The quantitative estimate of drug-likeness (QED) is 0.122. The van der Waals surface area contributed by atoms with Gasteiger partial charge < -0.3 is 14.2 Å². The van der Waals surface area contributed by atoms with Gasteiger partial charge in [0.15, 0.2) is 0 Å². The van der Waals surface area contributed by atoms with Crippen molar-refractivity contribution in [1.29, 1.82) is 0 Å². The third-order valence-corrected chi connectivity index (χ3v) is 41.7. The summed E-state index contributed by atoms with van der Waals surface area (Å²) in [6.07, 6.45) is 21.3. The van der Waals surface area contributed by atoms with Crippen molar-refractivity contribution >= 4 is 81.9 Å². The summed E-state index contributed by atoms with van der Waals surface area (Å²) in [5, 5.41) is 4.95. The van der Waals surface area contributed by atoms with E-state index in [-0.39, 0.29) is 33.0 Å². The highest BCUT2D eigenvalue weighted by Crippen LogP contribution is 3.00. The minimum atomic E-state index is -0.611. The Bertz CT molecular complexity index is 8810. The molecule has 4 heteroatoms. The Hall–Kier alpha value is -14.9. The van der Waals surface area contributed by atoms with E-state index in [4.69, 9.17) is 4.42 Å². The first kappa shape index (κ1) is 80.7. The lowest BCUT2D eigenvalue weighted by Crippen LogP contribution is -2.69. The summed E-state index contributed by atoms with van der Waals surface area (Å²) in [5.41, 5.74) is 42.2. The maximum atomic E-state index is 6.56. The number of rotatable bonds is 12. The molecule has 9 bridgehead atoms. The van der Waals surface area contributed by atoms with Crippen molar-refractivity contribution in [1.82, 2.24) is 0 Å². The monoisotopic (exact) mass is 1850 g/mol. The average molecular weight is 1850 g/mol. The van der Waals surface area contributed by atoms with Gasteiger partial charge in [0.05, 0.1) is 10.8 Å². The second-order valence-electron chi connectivity index (χ2n) is 45.4. The maximum Gasteiger partial charge on any atom is 0.136 e. The molecule has 0 aliphatic heterocycles. The van der Waals surface area contributed by atoms with Crippen molar-refractivity contribution in [3.8, 4) is 77.9 Å². The topological polar surface area (TPSA) is 19.6 Å². The summed E-state index contributed by atoms with van der Waals surface area (Å²) in [6, 6.07) is 166. The Labute approximate surface area is 839 Å². The molecule has 0 N–H and O–H groups in total. The van der Waals surface area contributed by atoms with Gasteiger partial charge in [0.1, 0.15) is 11.2 Å². The summed E-state index contributed by atoms with van der Waals surface area (Å²) in [7, 11) is 0. The van der Waals surface area contributed by atoms with E-state index in [1.807, 2.05) is 11.3 Å². The van der Waals surface area contributed by atoms with Crippen molar-refractivity contribution in [2.24, 2.45) is 63.6 Å². The van der Waals surface area contributed by atoms with Crippen LogP contribution in [0.25, 0.3) is 120 Å². The van der Waals surface area contributed by atoms with E-state index in [2.05, 4.69) is 460 Å². The summed E-state index contributed by atoms with van der Waals surface area (Å²) in [5.74, 6) is 4.60. The Balaban J connectivity index is 0.503. The van der Waals surface area contributed by atoms with Crippen LogP contribution < -0.4 is 9.80 Å². The number of hydrogen-bond donors (Lipinski definition) is 0. The number of nitrogens with zero attached hydrogens (tertiary/aromatic N) is 2. The normalized spacial score (nSPS) is 26.8. The number of furan rings is 1. The van der Waals surface area contributed by atoms with Gasteiger partial charge in [-0.1, -0.05) is 353 Å². The first-order valence-corrected chi connectivity index (χ1v) is 53.6. The molecule has 18 aromatic carbocycles. The van der Waals surface area contributed by atoms with Gasteiger partial charge in [-0.25, -0.2) is 0 Å². The molecule has 3 nitrogen and oxygen atoms in total. The van der Waals surface area contributed by atoms with Crippen LogP contribution in [0.4, 0.5) is 28.4 Å². The van der Waals surface area contributed by atoms with Gasteiger partial charge in [-0.3, -0.25) is 0 Å². The minimum absolute atomic E-state index is 0.00666. The molecule has 2 aromatic heterocycles. The number of thiophene rings is 1. The molecule has 0 saturated heterocycles. The zero-order valence-electron chi connectivity index (χ0n) is 80.0. The third-order valence-electron chi connectivity index (χ3n) is 40.5. The molecule has 0 amide bonds. The van der Waals surface area contributed by atoms with E-state index in [9.17, 15) is 0 Å². The lowest BCUT2D eigenvalue weighted by atomic mass is 9.32. The molecule has 35 rings (SSSR count). The van der Waals surface area contributed by atoms with Crippen LogP contribution in [0.1, 0.15) is 132 Å². The van der Waals surface area contributed by atoms with Gasteiger partial charge in [-0.2, -0.15) is 0 Å². The predicted molar refractivity (Wildman–Crippen MR) is 587 cm³/mol. The molecule has 15 aliphatic carbocycles. The molecule has 0 radical (unpaired) electrons. The zero-order chi connectivity index (χ0) is 93.4. The van der Waals surface area contributed by atoms with Crippen LogP contribution in [0.5, 0.6) is 0 Å². The van der Waals surface area contributed by atoms with Gasteiger partial charge in [0, 0.05) is 81.8 Å². The van der Waals surface area contributed by atoms with Gasteiger partial charge in [-0.15, -0.1) is 11.3 Å². The van der Waals surface area contributed by atoms with Crippen LogP contribution in [-0.2, 0) is 27.1 Å². The molecule has 10 saturated carbocycles. The average Bonchev–Trinajstić information content (AvgIpc) is 1.39. The second-order valence-corrected chi connectivity index (χ2v) is 46.5. The number of anilines is 5.